The summed E-state index contributed by atoms with van der Waals surface area (Å²) in [6.07, 6.45) is 0. The molecule has 0 aliphatic carbocycles. The Kier molecular flexibility index (Phi) is 7.10. The summed E-state index contributed by atoms with van der Waals surface area (Å²) in [5.74, 6) is 0.0812. The number of likely N-dealkylation sites (N-methyl/N-ethyl adjacent to an activating group) is 1. The Morgan fingerprint density at radius 1 is 1.20 bits per heavy atom. The first-order chi connectivity index (χ1) is 14.3. The van der Waals surface area contributed by atoms with Crippen LogP contribution in [0.4, 0.5) is 0 Å². The molecular weight excluding hydrogens is 392 g/mol. The molecule has 3 rings (SSSR count). The molecule has 5 nitrogen and oxygen atoms in total. The fraction of sp³-hybridized carbons (Fsp3) is 0.417. The third-order valence-electron chi connectivity index (χ3n) is 5.35. The van der Waals surface area contributed by atoms with E-state index in [1.165, 1.54) is 22.5 Å². The third kappa shape index (κ3) is 5.18. The van der Waals surface area contributed by atoms with Crippen molar-refractivity contribution in [1.82, 2.24) is 14.9 Å². The van der Waals surface area contributed by atoms with Gasteiger partial charge < -0.3 is 14.8 Å². The van der Waals surface area contributed by atoms with Crippen LogP contribution in [0.25, 0.3) is 11.3 Å². The number of nitrogens with one attached hydrogen (secondary N) is 2. The predicted octanol–water partition coefficient (Wildman–Crippen LogP) is 3.38. The molecule has 1 aromatic carbocycles. The van der Waals surface area contributed by atoms with Gasteiger partial charge in [-0.05, 0) is 46.2 Å². The van der Waals surface area contributed by atoms with Crippen molar-refractivity contribution < 1.29 is 9.69 Å². The van der Waals surface area contributed by atoms with Gasteiger partial charge in [0.15, 0.2) is 6.54 Å². The van der Waals surface area contributed by atoms with Gasteiger partial charge in [-0.3, -0.25) is 4.79 Å². The maximum absolute atomic E-state index is 12.0. The van der Waals surface area contributed by atoms with Crippen molar-refractivity contribution in [3.05, 3.63) is 63.7 Å². The number of carbonyl (C=O) groups is 1. The highest BCUT2D eigenvalue weighted by Crippen LogP contribution is 2.32. The van der Waals surface area contributed by atoms with Crippen LogP contribution in [0.2, 0.25) is 0 Å². The van der Waals surface area contributed by atoms with E-state index in [9.17, 15) is 4.79 Å². The molecule has 1 amide bonds. The van der Waals surface area contributed by atoms with E-state index in [2.05, 4.69) is 72.4 Å². The smallest absolute Gasteiger partial charge is 0.275 e. The van der Waals surface area contributed by atoms with Gasteiger partial charge in [0.25, 0.3) is 5.91 Å². The number of carbonyl (C=O) groups excluding carboxylic acids is 1. The van der Waals surface area contributed by atoms with Crippen LogP contribution < -0.4 is 10.2 Å². The fourth-order valence-corrected chi connectivity index (χ4v) is 4.90. The van der Waals surface area contributed by atoms with Crippen molar-refractivity contribution >= 4 is 17.2 Å². The maximum Gasteiger partial charge on any atom is 0.275 e. The first-order valence-corrected chi connectivity index (χ1v) is 11.4. The number of quaternary nitrogens is 1. The molecule has 0 saturated heterocycles. The van der Waals surface area contributed by atoms with Crippen LogP contribution in [0.15, 0.2) is 41.8 Å². The van der Waals surface area contributed by atoms with Crippen molar-refractivity contribution in [1.29, 1.82) is 0 Å². The summed E-state index contributed by atoms with van der Waals surface area (Å²) in [6, 6.07) is 13.3. The summed E-state index contributed by atoms with van der Waals surface area (Å²) >= 11 is 1.67. The summed E-state index contributed by atoms with van der Waals surface area (Å²) in [5.41, 5.74) is 5.98. The molecule has 0 aliphatic heterocycles. The van der Waals surface area contributed by atoms with Crippen molar-refractivity contribution in [3.8, 4) is 11.3 Å². The lowest BCUT2D eigenvalue weighted by Crippen LogP contribution is -3.09. The molecule has 1 unspecified atom stereocenters. The summed E-state index contributed by atoms with van der Waals surface area (Å²) in [6.45, 7) is 11.7. The number of nitrogens with zero attached hydrogens (tertiary/aromatic N) is 2. The summed E-state index contributed by atoms with van der Waals surface area (Å²) < 4.78 is 2.39. The molecule has 0 spiro atoms. The lowest BCUT2D eigenvalue weighted by atomic mass is 10.1. The SMILES string of the molecule is Cc1cc(-c2csc(C[NH+](C)CC(=O)NC(C)C)n2)c(C)n1[C@H](C)c1ccccc1. The van der Waals surface area contributed by atoms with Gasteiger partial charge in [0.2, 0.25) is 0 Å². The van der Waals surface area contributed by atoms with E-state index < -0.39 is 0 Å². The lowest BCUT2D eigenvalue weighted by Gasteiger charge is -2.19. The number of amides is 1. The molecule has 2 N–H and O–H groups in total. The van der Waals surface area contributed by atoms with Crippen molar-refractivity contribution in [2.75, 3.05) is 13.6 Å². The van der Waals surface area contributed by atoms with E-state index >= 15 is 0 Å². The molecule has 2 atom stereocenters. The zero-order valence-corrected chi connectivity index (χ0v) is 19.6. The highest BCUT2D eigenvalue weighted by atomic mass is 32.1. The second-order valence-electron chi connectivity index (χ2n) is 8.40. The Morgan fingerprint density at radius 3 is 2.57 bits per heavy atom. The Hall–Kier alpha value is -2.44. The number of hydrogen-bond donors (Lipinski definition) is 2. The number of rotatable bonds is 8. The number of benzene rings is 1. The molecule has 0 radical (unpaired) electrons. The van der Waals surface area contributed by atoms with Gasteiger partial charge in [0.05, 0.1) is 18.8 Å². The largest absolute Gasteiger partial charge is 0.349 e. The first-order valence-electron chi connectivity index (χ1n) is 10.5. The van der Waals surface area contributed by atoms with E-state index in [1.54, 1.807) is 11.3 Å². The number of aromatic nitrogens is 2. The van der Waals surface area contributed by atoms with E-state index in [0.29, 0.717) is 6.54 Å². The Balaban J connectivity index is 1.75. The minimum Gasteiger partial charge on any atom is -0.349 e. The van der Waals surface area contributed by atoms with Gasteiger partial charge in [0.1, 0.15) is 11.6 Å². The van der Waals surface area contributed by atoms with Gasteiger partial charge in [-0.2, -0.15) is 0 Å². The topological polar surface area (TPSA) is 51.4 Å². The minimum atomic E-state index is 0.0812. The molecule has 0 bridgehead atoms. The van der Waals surface area contributed by atoms with Gasteiger partial charge in [-0.25, -0.2) is 4.98 Å². The summed E-state index contributed by atoms with van der Waals surface area (Å²) in [4.78, 5) is 18.0. The van der Waals surface area contributed by atoms with Crippen molar-refractivity contribution in [3.63, 3.8) is 0 Å². The highest BCUT2D eigenvalue weighted by Gasteiger charge is 2.19. The molecule has 0 aliphatic rings. The van der Waals surface area contributed by atoms with E-state index in [4.69, 9.17) is 4.98 Å². The monoisotopic (exact) mass is 425 g/mol. The normalized spacial score (nSPS) is 13.4. The van der Waals surface area contributed by atoms with Gasteiger partial charge >= 0.3 is 0 Å². The molecule has 0 fully saturated rings. The fourth-order valence-electron chi connectivity index (χ4n) is 4.00. The zero-order chi connectivity index (χ0) is 21.8. The van der Waals surface area contributed by atoms with Crippen LogP contribution in [-0.2, 0) is 11.3 Å². The second kappa shape index (κ2) is 9.58. The van der Waals surface area contributed by atoms with Crippen LogP contribution in [0, 0.1) is 13.8 Å². The van der Waals surface area contributed by atoms with Crippen LogP contribution in [0.5, 0.6) is 0 Å². The van der Waals surface area contributed by atoms with Crippen LogP contribution >= 0.6 is 11.3 Å². The van der Waals surface area contributed by atoms with Crippen LogP contribution in [0.1, 0.15) is 48.8 Å². The van der Waals surface area contributed by atoms with E-state index in [-0.39, 0.29) is 18.0 Å². The number of hydrogen-bond acceptors (Lipinski definition) is 3. The lowest BCUT2D eigenvalue weighted by molar-refractivity contribution is -0.885. The van der Waals surface area contributed by atoms with Gasteiger partial charge in [-0.1, -0.05) is 30.3 Å². The Morgan fingerprint density at radius 2 is 1.90 bits per heavy atom. The molecule has 0 saturated carbocycles. The first kappa shape index (κ1) is 22.2. The molecular formula is C24H33N4OS+. The van der Waals surface area contributed by atoms with Crippen LogP contribution in [0.3, 0.4) is 0 Å². The molecule has 3 aromatic rings. The quantitative estimate of drug-likeness (QED) is 0.581. The van der Waals surface area contributed by atoms with E-state index in [1.807, 2.05) is 20.9 Å². The van der Waals surface area contributed by atoms with Gasteiger partial charge in [0, 0.05) is 28.4 Å². The minimum absolute atomic E-state index is 0.0812. The number of thiazole rings is 1. The average Bonchev–Trinajstić information content (AvgIpc) is 3.24. The molecule has 2 heterocycles. The third-order valence-corrected chi connectivity index (χ3v) is 6.20. The van der Waals surface area contributed by atoms with Crippen molar-refractivity contribution in [2.45, 2.75) is 53.2 Å². The molecule has 30 heavy (non-hydrogen) atoms. The average molecular weight is 426 g/mol. The number of aryl methyl sites for hydroxylation is 1. The summed E-state index contributed by atoms with van der Waals surface area (Å²) in [5, 5.41) is 6.14. The standard InChI is InChI=1S/C24H32N4OS/c1-16(2)25-23(29)13-27(6)14-24-26-22(15-30-24)21-12-17(3)28(19(21)5)18(4)20-10-8-7-9-11-20/h7-12,15-16,18H,13-14H2,1-6H3,(H,25,29)/p+1/t18-/m1/s1. The Labute approximate surface area is 183 Å². The molecule has 2 aromatic heterocycles. The zero-order valence-electron chi connectivity index (χ0n) is 18.8. The maximum atomic E-state index is 12.0. The van der Waals surface area contributed by atoms with Crippen LogP contribution in [-0.4, -0.2) is 35.1 Å². The summed E-state index contributed by atoms with van der Waals surface area (Å²) in [7, 11) is 2.04. The highest BCUT2D eigenvalue weighted by molar-refractivity contribution is 7.09. The van der Waals surface area contributed by atoms with Gasteiger partial charge in [-0.15, -0.1) is 11.3 Å². The van der Waals surface area contributed by atoms with E-state index in [0.717, 1.165) is 22.1 Å². The predicted molar refractivity (Wildman–Crippen MR) is 124 cm³/mol. The Bertz CT molecular complexity index is 990. The molecule has 6 heteroatoms. The van der Waals surface area contributed by atoms with Crippen molar-refractivity contribution in [2.24, 2.45) is 0 Å². The molecule has 160 valence electrons. The second-order valence-corrected chi connectivity index (χ2v) is 9.34.